The Kier molecular flexibility index (Phi) is 6.16. The van der Waals surface area contributed by atoms with Crippen LogP contribution in [0.2, 0.25) is 5.02 Å². The van der Waals surface area contributed by atoms with E-state index in [1.807, 2.05) is 24.3 Å². The van der Waals surface area contributed by atoms with Crippen molar-refractivity contribution in [1.29, 1.82) is 0 Å². The van der Waals surface area contributed by atoms with Crippen LogP contribution in [-0.4, -0.2) is 46.0 Å². The molecule has 1 fully saturated rings. The molecule has 9 heteroatoms. The Balaban J connectivity index is 1.60. The highest BCUT2D eigenvalue weighted by atomic mass is 35.5. The van der Waals surface area contributed by atoms with Crippen molar-refractivity contribution < 1.29 is 23.9 Å². The monoisotopic (exact) mass is 468 g/mol. The summed E-state index contributed by atoms with van der Waals surface area (Å²) in [6.07, 6.45) is 3.34. The standard InChI is InChI=1S/C23H17ClN2O5S/c1-31-21(28)13-25-11-15(17-4-2-3-5-18(17)25)10-20-22(29)26(23(30)32-20)12-19(27)14-6-8-16(24)9-7-14/h2-11H,12-13H2,1H3/b20-10-. The zero-order chi connectivity index (χ0) is 22.8. The SMILES string of the molecule is COC(=O)Cn1cc(/C=C2\SC(=O)N(CC(=O)c3ccc(Cl)cc3)C2=O)c2ccccc21. The summed E-state index contributed by atoms with van der Waals surface area (Å²) in [7, 11) is 1.32. The highest BCUT2D eigenvalue weighted by Gasteiger charge is 2.36. The number of methoxy groups -OCH3 is 1. The maximum absolute atomic E-state index is 12.9. The molecule has 4 rings (SSSR count). The summed E-state index contributed by atoms with van der Waals surface area (Å²) < 4.78 is 6.47. The predicted octanol–water partition coefficient (Wildman–Crippen LogP) is 4.39. The van der Waals surface area contributed by atoms with Gasteiger partial charge in [0.2, 0.25) is 0 Å². The molecule has 0 N–H and O–H groups in total. The first-order valence-corrected chi connectivity index (χ1v) is 10.8. The normalized spacial score (nSPS) is 15.1. The Morgan fingerprint density at radius 1 is 1.06 bits per heavy atom. The number of ketones is 1. The van der Waals surface area contributed by atoms with Crippen molar-refractivity contribution >= 4 is 63.2 Å². The molecule has 1 aromatic heterocycles. The lowest BCUT2D eigenvalue weighted by molar-refractivity contribution is -0.141. The Labute approximate surface area is 192 Å². The van der Waals surface area contributed by atoms with Gasteiger partial charge in [0.25, 0.3) is 11.1 Å². The van der Waals surface area contributed by atoms with E-state index in [4.69, 9.17) is 16.3 Å². The molecule has 0 radical (unpaired) electrons. The van der Waals surface area contributed by atoms with E-state index in [9.17, 15) is 19.2 Å². The molecule has 0 unspecified atom stereocenters. The van der Waals surface area contributed by atoms with Gasteiger partial charge in [-0.05, 0) is 48.2 Å². The second-order valence-corrected chi connectivity index (χ2v) is 8.43. The molecule has 2 aromatic carbocycles. The number of hydrogen-bond acceptors (Lipinski definition) is 6. The molecule has 7 nitrogen and oxygen atoms in total. The zero-order valence-electron chi connectivity index (χ0n) is 16.9. The number of ether oxygens (including phenoxy) is 1. The first-order valence-electron chi connectivity index (χ1n) is 9.56. The van der Waals surface area contributed by atoms with Gasteiger partial charge in [0.15, 0.2) is 5.78 Å². The van der Waals surface area contributed by atoms with Crippen LogP contribution >= 0.6 is 23.4 Å². The Hall–Kier alpha value is -3.36. The molecule has 32 heavy (non-hydrogen) atoms. The van der Waals surface area contributed by atoms with Crippen LogP contribution in [-0.2, 0) is 20.9 Å². The van der Waals surface area contributed by atoms with Crippen molar-refractivity contribution in [2.75, 3.05) is 13.7 Å². The third-order valence-electron chi connectivity index (χ3n) is 4.97. The molecule has 0 spiro atoms. The summed E-state index contributed by atoms with van der Waals surface area (Å²) in [5, 5.41) is 0.796. The summed E-state index contributed by atoms with van der Waals surface area (Å²) in [5.41, 5.74) is 1.84. The van der Waals surface area contributed by atoms with Crippen LogP contribution in [0, 0.1) is 0 Å². The Bertz CT molecular complexity index is 1280. The molecule has 1 saturated heterocycles. The number of imide groups is 1. The van der Waals surface area contributed by atoms with E-state index in [-0.39, 0.29) is 23.8 Å². The number of amides is 2. The number of para-hydroxylation sites is 1. The van der Waals surface area contributed by atoms with Gasteiger partial charge >= 0.3 is 5.97 Å². The Morgan fingerprint density at radius 3 is 2.50 bits per heavy atom. The molecule has 0 atom stereocenters. The highest BCUT2D eigenvalue weighted by molar-refractivity contribution is 8.18. The number of thioether (sulfide) groups is 1. The number of Topliss-reactive ketones (excluding diaryl/α,β-unsaturated/α-hetero) is 1. The number of hydrogen-bond donors (Lipinski definition) is 0. The van der Waals surface area contributed by atoms with Crippen LogP contribution < -0.4 is 0 Å². The minimum atomic E-state index is -0.535. The molecule has 3 aromatic rings. The average Bonchev–Trinajstić information content (AvgIpc) is 3.26. The number of rotatable bonds is 6. The summed E-state index contributed by atoms with van der Waals surface area (Å²) >= 11 is 6.62. The first kappa shape index (κ1) is 21.9. The van der Waals surface area contributed by atoms with Crippen LogP contribution in [0.5, 0.6) is 0 Å². The van der Waals surface area contributed by atoms with Gasteiger partial charge in [0, 0.05) is 33.2 Å². The predicted molar refractivity (Wildman–Crippen MR) is 122 cm³/mol. The van der Waals surface area contributed by atoms with E-state index >= 15 is 0 Å². The lowest BCUT2D eigenvalue weighted by Crippen LogP contribution is -2.33. The van der Waals surface area contributed by atoms with Gasteiger partial charge in [-0.3, -0.25) is 24.1 Å². The summed E-state index contributed by atoms with van der Waals surface area (Å²) in [4.78, 5) is 50.7. The van der Waals surface area contributed by atoms with Crippen LogP contribution in [0.15, 0.2) is 59.6 Å². The van der Waals surface area contributed by atoms with Gasteiger partial charge in [-0.1, -0.05) is 29.8 Å². The van der Waals surface area contributed by atoms with Gasteiger partial charge in [-0.2, -0.15) is 0 Å². The van der Waals surface area contributed by atoms with Crippen molar-refractivity contribution in [3.8, 4) is 0 Å². The van der Waals surface area contributed by atoms with Crippen molar-refractivity contribution in [2.24, 2.45) is 0 Å². The number of carbonyl (C=O) groups is 4. The van der Waals surface area contributed by atoms with Crippen molar-refractivity contribution in [2.45, 2.75) is 6.54 Å². The quantitative estimate of drug-likeness (QED) is 0.303. The van der Waals surface area contributed by atoms with Gasteiger partial charge in [0.05, 0.1) is 18.6 Å². The smallest absolute Gasteiger partial charge is 0.325 e. The zero-order valence-corrected chi connectivity index (χ0v) is 18.5. The number of aromatic nitrogens is 1. The van der Waals surface area contributed by atoms with Crippen molar-refractivity contribution in [1.82, 2.24) is 9.47 Å². The minimum Gasteiger partial charge on any atom is -0.468 e. The number of esters is 1. The van der Waals surface area contributed by atoms with E-state index in [2.05, 4.69) is 0 Å². The summed E-state index contributed by atoms with van der Waals surface area (Å²) in [6.45, 7) is -0.338. The molecule has 1 aliphatic rings. The van der Waals surface area contributed by atoms with Crippen LogP contribution in [0.25, 0.3) is 17.0 Å². The van der Waals surface area contributed by atoms with Crippen LogP contribution in [0.4, 0.5) is 4.79 Å². The fraction of sp³-hybridized carbons (Fsp3) is 0.130. The minimum absolute atomic E-state index is 0.0158. The van der Waals surface area contributed by atoms with Crippen LogP contribution in [0.3, 0.4) is 0 Å². The van der Waals surface area contributed by atoms with Gasteiger partial charge in [-0.25, -0.2) is 0 Å². The van der Waals surface area contributed by atoms with Gasteiger partial charge in [-0.15, -0.1) is 0 Å². The Morgan fingerprint density at radius 2 is 1.78 bits per heavy atom. The summed E-state index contributed by atoms with van der Waals surface area (Å²) in [5.74, 6) is -1.30. The van der Waals surface area contributed by atoms with E-state index in [0.29, 0.717) is 16.1 Å². The number of benzene rings is 2. The largest absolute Gasteiger partial charge is 0.468 e. The van der Waals surface area contributed by atoms with Crippen LogP contribution in [0.1, 0.15) is 15.9 Å². The average molecular weight is 469 g/mol. The molecule has 2 amide bonds. The molecule has 2 heterocycles. The maximum Gasteiger partial charge on any atom is 0.325 e. The molecule has 0 aliphatic carbocycles. The third kappa shape index (κ3) is 4.32. The highest BCUT2D eigenvalue weighted by Crippen LogP contribution is 2.34. The molecule has 0 bridgehead atoms. The lowest BCUT2D eigenvalue weighted by atomic mass is 10.1. The molecule has 0 saturated carbocycles. The van der Waals surface area contributed by atoms with E-state index in [0.717, 1.165) is 27.6 Å². The first-order chi connectivity index (χ1) is 15.4. The molecule has 162 valence electrons. The maximum atomic E-state index is 12.9. The number of nitrogens with zero attached hydrogens (tertiary/aromatic N) is 2. The van der Waals surface area contributed by atoms with Gasteiger partial charge in [0.1, 0.15) is 6.54 Å². The summed E-state index contributed by atoms with van der Waals surface area (Å²) in [6, 6.07) is 13.7. The van der Waals surface area contributed by atoms with E-state index < -0.39 is 17.1 Å². The number of carbonyl (C=O) groups excluding carboxylic acids is 4. The fourth-order valence-corrected chi connectivity index (χ4v) is 4.33. The molecular weight excluding hydrogens is 452 g/mol. The lowest BCUT2D eigenvalue weighted by Gasteiger charge is -2.11. The number of fused-ring (bicyclic) bond motifs is 1. The second-order valence-electron chi connectivity index (χ2n) is 7.00. The van der Waals surface area contributed by atoms with E-state index in [1.54, 1.807) is 41.1 Å². The molecule has 1 aliphatic heterocycles. The van der Waals surface area contributed by atoms with E-state index in [1.165, 1.54) is 7.11 Å². The molecular formula is C23H17ClN2O5S. The number of halogens is 1. The third-order valence-corrected chi connectivity index (χ3v) is 6.13. The second kappa shape index (κ2) is 9.02. The topological polar surface area (TPSA) is 85.7 Å². The van der Waals surface area contributed by atoms with Gasteiger partial charge < -0.3 is 9.30 Å². The fourth-order valence-electron chi connectivity index (χ4n) is 3.37. The van der Waals surface area contributed by atoms with Crippen molar-refractivity contribution in [3.63, 3.8) is 0 Å². The van der Waals surface area contributed by atoms with Crippen molar-refractivity contribution in [3.05, 3.63) is 75.8 Å².